The number of allylic oxidation sites excluding steroid dienone is 1. The van der Waals surface area contributed by atoms with Gasteiger partial charge in [0.1, 0.15) is 6.29 Å². The molecule has 0 spiro atoms. The van der Waals surface area contributed by atoms with E-state index in [-0.39, 0.29) is 12.1 Å². The van der Waals surface area contributed by atoms with Crippen LogP contribution in [0.15, 0.2) is 12.7 Å². The van der Waals surface area contributed by atoms with E-state index in [9.17, 15) is 4.79 Å². The second-order valence-corrected chi connectivity index (χ2v) is 4.77. The number of hydrogen-bond donors (Lipinski definition) is 0. The van der Waals surface area contributed by atoms with Crippen LogP contribution >= 0.6 is 0 Å². The Labute approximate surface area is 92.4 Å². The number of aldehydes is 1. The molecule has 0 aromatic carbocycles. The minimum atomic E-state index is 0.134. The van der Waals surface area contributed by atoms with Crippen molar-refractivity contribution in [2.45, 2.75) is 44.7 Å². The molecule has 1 aliphatic heterocycles. The van der Waals surface area contributed by atoms with Crippen LogP contribution in [0.25, 0.3) is 0 Å². The zero-order chi connectivity index (χ0) is 11.3. The van der Waals surface area contributed by atoms with Gasteiger partial charge in [-0.15, -0.1) is 6.58 Å². The van der Waals surface area contributed by atoms with E-state index in [4.69, 9.17) is 5.26 Å². The number of rotatable bonds is 5. The van der Waals surface area contributed by atoms with Gasteiger partial charge in [-0.1, -0.05) is 25.7 Å². The van der Waals surface area contributed by atoms with Crippen molar-refractivity contribution in [3.63, 3.8) is 0 Å². The van der Waals surface area contributed by atoms with Crippen molar-refractivity contribution in [3.8, 4) is 5.97 Å². The van der Waals surface area contributed by atoms with Crippen LogP contribution in [0, 0.1) is 16.6 Å². The van der Waals surface area contributed by atoms with Gasteiger partial charge in [0.15, 0.2) is 0 Å². The Morgan fingerprint density at radius 3 is 3.00 bits per heavy atom. The van der Waals surface area contributed by atoms with Gasteiger partial charge in [0, 0.05) is 12.4 Å². The van der Waals surface area contributed by atoms with E-state index in [0.29, 0.717) is 12.2 Å². The van der Waals surface area contributed by atoms with Gasteiger partial charge in [0.2, 0.25) is 0 Å². The topological polar surface area (TPSA) is 40.9 Å². The lowest BCUT2D eigenvalue weighted by Gasteiger charge is -2.31. The molecule has 0 saturated carbocycles. The fraction of sp³-hybridized carbons (Fsp3) is 0.667. The smallest absolute Gasteiger partial charge is 0.271 e. The van der Waals surface area contributed by atoms with Gasteiger partial charge >= 0.3 is 0 Å². The Bertz CT molecular complexity index is 284. The van der Waals surface area contributed by atoms with E-state index in [1.54, 1.807) is 0 Å². The predicted molar refractivity (Wildman–Crippen MR) is 62.8 cm³/mol. The molecule has 80 valence electrons. The molecule has 0 aromatic rings. The minimum absolute atomic E-state index is 0.134. The van der Waals surface area contributed by atoms with Gasteiger partial charge in [-0.05, 0) is 24.1 Å². The molecule has 2 unspecified atom stereocenters. The normalized spacial score (nSPS) is 29.9. The maximum atomic E-state index is 10.4. The Morgan fingerprint density at radius 2 is 2.47 bits per heavy atom. The molecule has 1 rings (SSSR count). The van der Waals surface area contributed by atoms with Gasteiger partial charge in [0.25, 0.3) is 6.71 Å². The van der Waals surface area contributed by atoms with E-state index in [2.05, 4.69) is 19.5 Å². The molecule has 1 saturated heterocycles. The van der Waals surface area contributed by atoms with Crippen molar-refractivity contribution in [2.75, 3.05) is 0 Å². The first kappa shape index (κ1) is 12.0. The van der Waals surface area contributed by atoms with Crippen LogP contribution in [0.4, 0.5) is 0 Å². The summed E-state index contributed by atoms with van der Waals surface area (Å²) in [6.07, 6.45) is 7.34. The lowest BCUT2D eigenvalue weighted by atomic mass is 9.40. The van der Waals surface area contributed by atoms with Gasteiger partial charge in [-0.2, -0.15) is 0 Å². The lowest BCUT2D eigenvalue weighted by molar-refractivity contribution is -0.108. The third-order valence-corrected chi connectivity index (χ3v) is 3.78. The number of nitriles is 1. The van der Waals surface area contributed by atoms with E-state index in [1.807, 2.05) is 6.08 Å². The zero-order valence-electron chi connectivity index (χ0n) is 9.41. The molecule has 15 heavy (non-hydrogen) atoms. The second-order valence-electron chi connectivity index (χ2n) is 4.77. The highest BCUT2D eigenvalue weighted by Gasteiger charge is 2.46. The predicted octanol–water partition coefficient (Wildman–Crippen LogP) is 2.88. The van der Waals surface area contributed by atoms with Crippen molar-refractivity contribution in [3.05, 3.63) is 12.7 Å². The molecule has 0 bridgehead atoms. The van der Waals surface area contributed by atoms with Crippen LogP contribution in [0.5, 0.6) is 0 Å². The molecule has 0 radical (unpaired) electrons. The van der Waals surface area contributed by atoms with Crippen LogP contribution in [-0.2, 0) is 4.79 Å². The van der Waals surface area contributed by atoms with Crippen LogP contribution < -0.4 is 0 Å². The Morgan fingerprint density at radius 1 is 1.73 bits per heavy atom. The molecule has 3 heteroatoms. The van der Waals surface area contributed by atoms with Crippen molar-refractivity contribution < 1.29 is 4.79 Å². The molecule has 0 amide bonds. The molecule has 1 aliphatic rings. The van der Waals surface area contributed by atoms with Crippen molar-refractivity contribution in [1.29, 1.82) is 5.26 Å². The largest absolute Gasteiger partial charge is 0.303 e. The van der Waals surface area contributed by atoms with Crippen molar-refractivity contribution in [1.82, 2.24) is 0 Å². The summed E-state index contributed by atoms with van der Waals surface area (Å²) < 4.78 is 0. The highest BCUT2D eigenvalue weighted by molar-refractivity contribution is 6.69. The first-order valence-corrected chi connectivity index (χ1v) is 5.62. The zero-order valence-corrected chi connectivity index (χ0v) is 9.41. The number of nitrogens with zero attached hydrogens (tertiary/aromatic N) is 1. The molecule has 0 aromatic heterocycles. The summed E-state index contributed by atoms with van der Waals surface area (Å²) in [5, 5.41) is 9.07. The van der Waals surface area contributed by atoms with E-state index in [1.165, 1.54) is 0 Å². The third kappa shape index (κ3) is 2.50. The number of carbonyl (C=O) groups is 1. The maximum absolute atomic E-state index is 10.4. The first-order chi connectivity index (χ1) is 7.18. The van der Waals surface area contributed by atoms with Crippen LogP contribution in [0.3, 0.4) is 0 Å². The highest BCUT2D eigenvalue weighted by Crippen LogP contribution is 2.51. The van der Waals surface area contributed by atoms with E-state index >= 15 is 0 Å². The summed E-state index contributed by atoms with van der Waals surface area (Å²) in [5.74, 6) is 2.75. The highest BCUT2D eigenvalue weighted by atomic mass is 16.1. The molecule has 1 heterocycles. The lowest BCUT2D eigenvalue weighted by Crippen LogP contribution is -2.24. The van der Waals surface area contributed by atoms with Crippen LogP contribution in [0.2, 0.25) is 12.1 Å². The summed E-state index contributed by atoms with van der Waals surface area (Å²) in [5.41, 5.74) is 0.186. The summed E-state index contributed by atoms with van der Waals surface area (Å²) in [7, 11) is 0. The monoisotopic (exact) mass is 203 g/mol. The Hall–Kier alpha value is -1.04. The molecular weight excluding hydrogens is 185 g/mol. The molecule has 0 N–H and O–H groups in total. The fourth-order valence-electron chi connectivity index (χ4n) is 2.89. The van der Waals surface area contributed by atoms with Gasteiger partial charge in [-0.25, -0.2) is 5.26 Å². The van der Waals surface area contributed by atoms with Crippen molar-refractivity contribution >= 4 is 13.0 Å². The molecule has 0 aliphatic carbocycles. The first-order valence-electron chi connectivity index (χ1n) is 5.62. The van der Waals surface area contributed by atoms with E-state index < -0.39 is 0 Å². The van der Waals surface area contributed by atoms with Gasteiger partial charge in [0.05, 0.1) is 0 Å². The van der Waals surface area contributed by atoms with Crippen molar-refractivity contribution in [2.24, 2.45) is 5.41 Å². The molecule has 2 nitrogen and oxygen atoms in total. The summed E-state index contributed by atoms with van der Waals surface area (Å²) in [4.78, 5) is 10.4. The Balaban J connectivity index is 2.75. The summed E-state index contributed by atoms with van der Waals surface area (Å²) >= 11 is 0. The average molecular weight is 203 g/mol. The summed E-state index contributed by atoms with van der Waals surface area (Å²) in [6, 6.07) is 0. The number of hydrogen-bond acceptors (Lipinski definition) is 2. The standard InChI is InChI=1S/C12H18BNO/c1-3-6-12(2)7-8-13(10-14)11(12)5-4-9-15/h3,9,11H,1,4-8H2,2H3. The van der Waals surface area contributed by atoms with Gasteiger partial charge < -0.3 is 4.79 Å². The summed E-state index contributed by atoms with van der Waals surface area (Å²) in [6.45, 7) is 6.14. The third-order valence-electron chi connectivity index (χ3n) is 3.78. The molecule has 1 fully saturated rings. The van der Waals surface area contributed by atoms with Crippen LogP contribution in [-0.4, -0.2) is 13.0 Å². The maximum Gasteiger partial charge on any atom is 0.271 e. The Kier molecular flexibility index (Phi) is 4.14. The average Bonchev–Trinajstić information content (AvgIpc) is 2.53. The fourth-order valence-corrected chi connectivity index (χ4v) is 2.89. The quantitative estimate of drug-likeness (QED) is 0.391. The van der Waals surface area contributed by atoms with E-state index in [0.717, 1.165) is 31.9 Å². The second kappa shape index (κ2) is 5.16. The van der Waals surface area contributed by atoms with Crippen LogP contribution in [0.1, 0.15) is 32.6 Å². The SMILES string of the molecule is C=CCC1(C)CCB(C#N)C1CCC=O. The molecule has 2 atom stereocenters. The number of carbonyl (C=O) groups excluding carboxylic acids is 1. The molecular formula is C12H18BNO. The minimum Gasteiger partial charge on any atom is -0.303 e. The van der Waals surface area contributed by atoms with Gasteiger partial charge in [-0.3, -0.25) is 0 Å².